The van der Waals surface area contributed by atoms with Crippen LogP contribution in [-0.2, 0) is 4.74 Å². The molecular weight excluding hydrogens is 305 g/mol. The number of hydrogen-bond donors (Lipinski definition) is 2. The molecule has 1 aromatic rings. The van der Waals surface area contributed by atoms with Crippen molar-refractivity contribution < 1.29 is 14.6 Å². The summed E-state index contributed by atoms with van der Waals surface area (Å²) in [7, 11) is -0.627. The van der Waals surface area contributed by atoms with Crippen molar-refractivity contribution in [2.24, 2.45) is 0 Å². The lowest BCUT2D eigenvalue weighted by Gasteiger charge is -2.41. The number of amides is 1. The van der Waals surface area contributed by atoms with Crippen molar-refractivity contribution >= 4 is 19.1 Å². The highest BCUT2D eigenvalue weighted by Gasteiger charge is 2.37. The third-order valence-electron chi connectivity index (χ3n) is 4.15. The Balaban J connectivity index is 2.11. The van der Waals surface area contributed by atoms with E-state index in [1.807, 2.05) is 13.8 Å². The first kappa shape index (κ1) is 15.3. The normalized spacial score (nSPS) is 20.6. The number of morpholine rings is 1. The van der Waals surface area contributed by atoms with Gasteiger partial charge in [0.2, 0.25) is 5.43 Å². The second-order valence-electron chi connectivity index (χ2n) is 5.30. The summed E-state index contributed by atoms with van der Waals surface area (Å²) < 4.78 is 6.89. The molecule has 0 radical (unpaired) electrons. The fourth-order valence-corrected chi connectivity index (χ4v) is 4.73. The lowest BCUT2D eigenvalue weighted by molar-refractivity contribution is -0.00311. The fraction of sp³-hybridized carbons (Fsp3) is 0.571. The van der Waals surface area contributed by atoms with E-state index < -0.39 is 19.1 Å². The van der Waals surface area contributed by atoms with Crippen LogP contribution in [0.3, 0.4) is 0 Å². The van der Waals surface area contributed by atoms with Crippen molar-refractivity contribution in [2.45, 2.75) is 20.0 Å². The van der Waals surface area contributed by atoms with E-state index in [9.17, 15) is 14.7 Å². The van der Waals surface area contributed by atoms with Crippen LogP contribution in [0, 0.1) is 0 Å². The van der Waals surface area contributed by atoms with Crippen LogP contribution in [0.2, 0.25) is 0 Å². The predicted molar refractivity (Wildman–Crippen MR) is 85.0 cm³/mol. The molecule has 2 aliphatic heterocycles. The summed E-state index contributed by atoms with van der Waals surface area (Å²) in [5, 5.41) is 10.9. The molecule has 7 nitrogen and oxygen atoms in total. The molecule has 1 unspecified atom stereocenters. The first-order valence-corrected chi connectivity index (χ1v) is 9.18. The van der Waals surface area contributed by atoms with Gasteiger partial charge in [-0.3, -0.25) is 14.3 Å². The minimum Gasteiger partial charge on any atom is -0.502 e. The predicted octanol–water partition coefficient (Wildman–Crippen LogP) is 0.0565. The number of pyridine rings is 1. The quantitative estimate of drug-likeness (QED) is 0.768. The van der Waals surface area contributed by atoms with Gasteiger partial charge in [0.1, 0.15) is 6.17 Å². The molecule has 0 saturated carbocycles. The molecule has 1 aromatic heterocycles. The Labute approximate surface area is 129 Å². The van der Waals surface area contributed by atoms with Crippen molar-refractivity contribution in [3.8, 4) is 5.75 Å². The van der Waals surface area contributed by atoms with Crippen LogP contribution in [0.15, 0.2) is 11.0 Å². The van der Waals surface area contributed by atoms with Crippen LogP contribution in [0.1, 0.15) is 24.3 Å². The van der Waals surface area contributed by atoms with E-state index >= 15 is 0 Å². The zero-order chi connectivity index (χ0) is 15.9. The van der Waals surface area contributed by atoms with Gasteiger partial charge in [-0.15, -0.1) is 0 Å². The molecule has 3 heterocycles. The molecule has 1 amide bonds. The van der Waals surface area contributed by atoms with Crippen molar-refractivity contribution in [1.82, 2.24) is 9.58 Å². The van der Waals surface area contributed by atoms with Crippen LogP contribution in [-0.4, -0.2) is 58.8 Å². The van der Waals surface area contributed by atoms with Crippen LogP contribution in [0.4, 0.5) is 0 Å². The summed E-state index contributed by atoms with van der Waals surface area (Å²) in [6.07, 6.45) is 3.15. The summed E-state index contributed by atoms with van der Waals surface area (Å²) in [5.41, 5.74) is 2.76. The molecule has 1 fully saturated rings. The van der Waals surface area contributed by atoms with Gasteiger partial charge in [-0.1, -0.05) is 21.8 Å². The number of fused-ring (bicyclic) bond motifs is 2. The molecular formula is C14H20N3O4P. The van der Waals surface area contributed by atoms with E-state index in [0.717, 1.165) is 12.3 Å². The first-order valence-electron chi connectivity index (χ1n) is 7.47. The molecule has 1 saturated heterocycles. The van der Waals surface area contributed by atoms with E-state index in [4.69, 9.17) is 4.74 Å². The highest BCUT2D eigenvalue weighted by molar-refractivity contribution is 7.65. The minimum atomic E-state index is -0.627. The van der Waals surface area contributed by atoms with Gasteiger partial charge in [0.15, 0.2) is 11.4 Å². The minimum absolute atomic E-state index is 0.0223. The van der Waals surface area contributed by atoms with E-state index in [-0.39, 0.29) is 17.8 Å². The van der Waals surface area contributed by atoms with Crippen LogP contribution in [0.5, 0.6) is 5.75 Å². The number of ether oxygens (including phenoxy) is 1. The van der Waals surface area contributed by atoms with E-state index in [1.54, 1.807) is 11.1 Å². The molecule has 22 heavy (non-hydrogen) atoms. The summed E-state index contributed by atoms with van der Waals surface area (Å²) in [6, 6.07) is 0. The monoisotopic (exact) mass is 325 g/mol. The Morgan fingerprint density at radius 2 is 2.14 bits per heavy atom. The molecule has 1 atom stereocenters. The number of rotatable bonds is 3. The molecule has 8 heteroatoms. The maximum atomic E-state index is 12.6. The van der Waals surface area contributed by atoms with Crippen molar-refractivity contribution in [3.05, 3.63) is 22.1 Å². The highest BCUT2D eigenvalue weighted by atomic mass is 31.1. The van der Waals surface area contributed by atoms with Gasteiger partial charge >= 0.3 is 0 Å². The van der Waals surface area contributed by atoms with Gasteiger partial charge in [-0.05, 0) is 12.3 Å². The molecule has 120 valence electrons. The third kappa shape index (κ3) is 2.29. The average molecular weight is 325 g/mol. The lowest BCUT2D eigenvalue weighted by Crippen LogP contribution is -2.59. The molecule has 0 aromatic carbocycles. The Morgan fingerprint density at radius 3 is 2.82 bits per heavy atom. The Bertz CT molecular complexity index is 656. The van der Waals surface area contributed by atoms with Crippen LogP contribution in [0.25, 0.3) is 0 Å². The van der Waals surface area contributed by atoms with Crippen molar-refractivity contribution in [1.29, 1.82) is 0 Å². The number of aromatic nitrogens is 1. The van der Waals surface area contributed by atoms with Gasteiger partial charge in [0.25, 0.3) is 5.91 Å². The largest absolute Gasteiger partial charge is 0.502 e. The van der Waals surface area contributed by atoms with Gasteiger partial charge < -0.3 is 20.2 Å². The Hall–Kier alpha value is -1.59. The topological polar surface area (TPSA) is 83.8 Å². The number of carbonyl (C=O) groups is 1. The second-order valence-corrected chi connectivity index (χ2v) is 8.13. The van der Waals surface area contributed by atoms with Crippen molar-refractivity contribution in [3.63, 3.8) is 0 Å². The molecule has 0 spiro atoms. The summed E-state index contributed by atoms with van der Waals surface area (Å²) in [6.45, 7) is 5.37. The number of hydrogen-bond acceptors (Lipinski definition) is 5. The summed E-state index contributed by atoms with van der Waals surface area (Å²) in [5.74, 6) is -0.778. The molecule has 2 N–H and O–H groups in total. The lowest BCUT2D eigenvalue weighted by atomic mass is 10.2. The summed E-state index contributed by atoms with van der Waals surface area (Å²) >= 11 is 0. The molecule has 0 bridgehead atoms. The average Bonchev–Trinajstić information content (AvgIpc) is 2.53. The van der Waals surface area contributed by atoms with E-state index in [0.29, 0.717) is 25.1 Å². The molecule has 3 rings (SSSR count). The van der Waals surface area contributed by atoms with Crippen molar-refractivity contribution in [2.75, 3.05) is 37.5 Å². The van der Waals surface area contributed by atoms with E-state index in [1.165, 1.54) is 4.68 Å². The maximum absolute atomic E-state index is 12.6. The molecule has 0 aliphatic carbocycles. The fourth-order valence-electron chi connectivity index (χ4n) is 2.93. The van der Waals surface area contributed by atoms with E-state index in [2.05, 4.69) is 5.43 Å². The zero-order valence-electron chi connectivity index (χ0n) is 12.7. The number of carbonyl (C=O) groups excluding carboxylic acids is 1. The van der Waals surface area contributed by atoms with Crippen LogP contribution >= 0.6 is 7.92 Å². The second kappa shape index (κ2) is 5.89. The smallest absolute Gasteiger partial charge is 0.278 e. The third-order valence-corrected chi connectivity index (χ3v) is 6.68. The number of aromatic hydroxyl groups is 1. The number of nitrogens with one attached hydrogen (secondary N) is 1. The van der Waals surface area contributed by atoms with Gasteiger partial charge in [-0.2, -0.15) is 0 Å². The standard InChI is InChI=1S/C14H20N3O4P/c1-3-22(4-2)9-7-17-11(13(19)12(9)18)14(20)16-5-6-21-8-10(16)15-17/h7,10,15,19H,3-6,8H2,1-2H3. The molecule has 2 aliphatic rings. The van der Waals surface area contributed by atoms with Crippen LogP contribution < -0.4 is 16.2 Å². The maximum Gasteiger partial charge on any atom is 0.278 e. The SMILES string of the molecule is CCP(CC)c1cn2c(c(O)c1=O)C(=O)N1CCOCC1N2. The summed E-state index contributed by atoms with van der Waals surface area (Å²) in [4.78, 5) is 26.6. The van der Waals surface area contributed by atoms with Gasteiger partial charge in [0, 0.05) is 18.0 Å². The zero-order valence-corrected chi connectivity index (χ0v) is 13.6. The first-order chi connectivity index (χ1) is 10.6. The van der Waals surface area contributed by atoms with Gasteiger partial charge in [0.05, 0.1) is 13.2 Å². The Morgan fingerprint density at radius 1 is 1.41 bits per heavy atom. The Kier molecular flexibility index (Phi) is 4.10. The number of nitrogens with zero attached hydrogens (tertiary/aromatic N) is 2. The van der Waals surface area contributed by atoms with Gasteiger partial charge in [-0.25, -0.2) is 0 Å². The highest BCUT2D eigenvalue weighted by Crippen LogP contribution is 2.33.